The molecule has 1 unspecified atom stereocenters. The Bertz CT molecular complexity index is 533. The normalized spacial score (nSPS) is 30.4. The smallest absolute Gasteiger partial charge is 0.253 e. The van der Waals surface area contributed by atoms with Crippen LogP contribution in [-0.2, 0) is 11.1 Å². The Morgan fingerprint density at radius 3 is 2.48 bits per heavy atom. The first-order valence-corrected chi connectivity index (χ1v) is 11.7. The fraction of sp³-hybridized carbons (Fsp3) is 0.667. The van der Waals surface area contributed by atoms with E-state index >= 15 is 0 Å². The van der Waals surface area contributed by atoms with E-state index in [4.69, 9.17) is 27.7 Å². The van der Waals surface area contributed by atoms with Crippen molar-refractivity contribution in [1.82, 2.24) is 9.34 Å². The van der Waals surface area contributed by atoms with Crippen LogP contribution in [0.4, 0.5) is 0 Å². The van der Waals surface area contributed by atoms with E-state index in [9.17, 15) is 4.89 Å². The average molecular weight is 405 g/mol. The maximum Gasteiger partial charge on any atom is 0.253 e. The van der Waals surface area contributed by atoms with Crippen LogP contribution in [0, 0.1) is 5.92 Å². The lowest BCUT2D eigenvalue weighted by atomic mass is 9.86. The molecule has 1 aromatic rings. The summed E-state index contributed by atoms with van der Waals surface area (Å²) in [5, 5.41) is 0. The summed E-state index contributed by atoms with van der Waals surface area (Å²) >= 11 is 12.0. The van der Waals surface area contributed by atoms with E-state index < -0.39 is 8.02 Å². The van der Waals surface area contributed by atoms with Crippen molar-refractivity contribution in [3.05, 3.63) is 35.9 Å². The van der Waals surface area contributed by atoms with Gasteiger partial charge in [-0.1, -0.05) is 43.2 Å². The Morgan fingerprint density at radius 1 is 1.12 bits per heavy atom. The van der Waals surface area contributed by atoms with Crippen LogP contribution in [-0.4, -0.2) is 46.8 Å². The first-order chi connectivity index (χ1) is 12.2. The minimum absolute atomic E-state index is 0.0970. The fourth-order valence-corrected chi connectivity index (χ4v) is 7.25. The van der Waals surface area contributed by atoms with Crippen molar-refractivity contribution >= 4 is 31.2 Å². The molecule has 1 aliphatic carbocycles. The maximum absolute atomic E-state index is 14.0. The molecule has 1 aromatic carbocycles. The van der Waals surface area contributed by atoms with Crippen molar-refractivity contribution in [2.45, 2.75) is 38.3 Å². The second-order valence-electron chi connectivity index (χ2n) is 6.84. The summed E-state index contributed by atoms with van der Waals surface area (Å²) in [4.78, 5) is 14.0. The molecule has 1 aliphatic heterocycles. The predicted octanol–water partition coefficient (Wildman–Crippen LogP) is 3.90. The molecule has 4 nitrogen and oxygen atoms in total. The van der Waals surface area contributed by atoms with Crippen LogP contribution in [0.2, 0.25) is 0 Å². The number of alkyl halides is 2. The SMILES string of the molecule is [O-][P+]1(N(CCCl)CCCl)O[C@H]2CCCC[C@@H]2CN1Cc1ccccc1. The highest BCUT2D eigenvalue weighted by molar-refractivity contribution is 7.59. The van der Waals surface area contributed by atoms with Crippen LogP contribution in [0.5, 0.6) is 0 Å². The molecule has 3 atom stereocenters. The number of nitrogens with zero attached hydrogens (tertiary/aromatic N) is 2. The fourth-order valence-electron chi connectivity index (χ4n) is 3.89. The van der Waals surface area contributed by atoms with E-state index in [1.807, 2.05) is 27.5 Å². The van der Waals surface area contributed by atoms with Crippen molar-refractivity contribution in [2.24, 2.45) is 5.92 Å². The number of fused-ring (bicyclic) bond motifs is 1. The lowest BCUT2D eigenvalue weighted by molar-refractivity contribution is -0.238. The third-order valence-corrected chi connectivity index (χ3v) is 8.18. The van der Waals surface area contributed by atoms with Gasteiger partial charge in [-0.05, 0) is 18.4 Å². The molecule has 1 heterocycles. The third-order valence-electron chi connectivity index (χ3n) is 5.17. The quantitative estimate of drug-likeness (QED) is 0.510. The van der Waals surface area contributed by atoms with Crippen LogP contribution >= 0.6 is 31.2 Å². The van der Waals surface area contributed by atoms with Crippen LogP contribution in [0.25, 0.3) is 0 Å². The number of rotatable bonds is 7. The van der Waals surface area contributed by atoms with E-state index in [0.717, 1.165) is 31.4 Å². The Balaban J connectivity index is 1.85. The van der Waals surface area contributed by atoms with Gasteiger partial charge in [0.1, 0.15) is 6.10 Å². The van der Waals surface area contributed by atoms with Gasteiger partial charge in [0.25, 0.3) is 8.02 Å². The number of benzene rings is 1. The van der Waals surface area contributed by atoms with Gasteiger partial charge in [0.15, 0.2) is 0 Å². The summed E-state index contributed by atoms with van der Waals surface area (Å²) in [7, 11) is -3.12. The standard InChI is InChI=1S/C18H27Cl2N2O2P/c19-10-12-21(13-11-20)25(23)22(14-16-6-2-1-3-7-16)15-17-8-4-5-9-18(17)24-25/h1-3,6-7,17-18H,4-5,8-15H2/t17-,18+,25?/m1/s1. The Hall–Kier alpha value is 0.0700. The average Bonchev–Trinajstić information content (AvgIpc) is 2.63. The molecule has 0 radical (unpaired) electrons. The first-order valence-electron chi connectivity index (χ1n) is 9.12. The highest BCUT2D eigenvalue weighted by Gasteiger charge is 2.52. The zero-order valence-corrected chi connectivity index (χ0v) is 16.9. The van der Waals surface area contributed by atoms with Crippen molar-refractivity contribution in [3.8, 4) is 0 Å². The zero-order chi connectivity index (χ0) is 17.7. The van der Waals surface area contributed by atoms with Gasteiger partial charge in [-0.25, -0.2) is 4.52 Å². The summed E-state index contributed by atoms with van der Waals surface area (Å²) in [6.07, 6.45) is 4.65. The van der Waals surface area contributed by atoms with Gasteiger partial charge in [-0.3, -0.25) is 0 Å². The molecule has 1 saturated heterocycles. The minimum Gasteiger partial charge on any atom is -0.626 e. The van der Waals surface area contributed by atoms with Gasteiger partial charge in [0.05, 0.1) is 19.6 Å². The lowest BCUT2D eigenvalue weighted by Gasteiger charge is -2.51. The second-order valence-corrected chi connectivity index (χ2v) is 9.92. The Morgan fingerprint density at radius 2 is 1.80 bits per heavy atom. The molecule has 0 aromatic heterocycles. The van der Waals surface area contributed by atoms with E-state index in [1.54, 1.807) is 0 Å². The molecular weight excluding hydrogens is 378 g/mol. The number of halogens is 2. The van der Waals surface area contributed by atoms with Crippen LogP contribution in [0.3, 0.4) is 0 Å². The van der Waals surface area contributed by atoms with Gasteiger partial charge in [-0.15, -0.1) is 32.5 Å². The molecule has 0 amide bonds. The molecule has 3 rings (SSSR count). The number of hydrogen-bond donors (Lipinski definition) is 0. The highest BCUT2D eigenvalue weighted by atomic mass is 35.5. The molecule has 2 fully saturated rings. The van der Waals surface area contributed by atoms with Crippen molar-refractivity contribution < 1.29 is 9.42 Å². The number of hydrogen-bond acceptors (Lipinski definition) is 4. The first kappa shape index (κ1) is 19.8. The van der Waals surface area contributed by atoms with Gasteiger partial charge < -0.3 is 4.89 Å². The summed E-state index contributed by atoms with van der Waals surface area (Å²) in [6.45, 7) is 2.49. The van der Waals surface area contributed by atoms with Gasteiger partial charge in [-0.2, -0.15) is 0 Å². The highest BCUT2D eigenvalue weighted by Crippen LogP contribution is 2.64. The maximum atomic E-state index is 14.0. The van der Waals surface area contributed by atoms with Gasteiger partial charge in [0.2, 0.25) is 0 Å². The topological polar surface area (TPSA) is 38.8 Å². The summed E-state index contributed by atoms with van der Waals surface area (Å²) in [5.41, 5.74) is 1.15. The van der Waals surface area contributed by atoms with Crippen LogP contribution in [0.1, 0.15) is 31.2 Å². The Labute approximate surface area is 161 Å². The predicted molar refractivity (Wildman–Crippen MR) is 104 cm³/mol. The molecule has 140 valence electrons. The molecule has 2 aliphatic rings. The summed E-state index contributed by atoms with van der Waals surface area (Å²) < 4.78 is 10.2. The lowest BCUT2D eigenvalue weighted by Crippen LogP contribution is -2.53. The summed E-state index contributed by atoms with van der Waals surface area (Å²) in [6, 6.07) is 10.2. The van der Waals surface area contributed by atoms with E-state index in [1.165, 1.54) is 6.42 Å². The largest absolute Gasteiger partial charge is 0.626 e. The monoisotopic (exact) mass is 404 g/mol. The van der Waals surface area contributed by atoms with Crippen LogP contribution in [0.15, 0.2) is 30.3 Å². The van der Waals surface area contributed by atoms with Crippen molar-refractivity contribution in [3.63, 3.8) is 0 Å². The van der Waals surface area contributed by atoms with E-state index in [2.05, 4.69) is 12.1 Å². The van der Waals surface area contributed by atoms with Gasteiger partial charge in [0, 0.05) is 24.2 Å². The van der Waals surface area contributed by atoms with Crippen LogP contribution < -0.4 is 4.89 Å². The molecule has 0 bridgehead atoms. The minimum atomic E-state index is -3.12. The van der Waals surface area contributed by atoms with Crippen molar-refractivity contribution in [1.29, 1.82) is 0 Å². The Kier molecular flexibility index (Phi) is 7.39. The van der Waals surface area contributed by atoms with E-state index in [0.29, 0.717) is 37.3 Å². The molecule has 0 spiro atoms. The molecule has 0 N–H and O–H groups in total. The second kappa shape index (κ2) is 9.32. The molecular formula is C18H27Cl2N2O2P. The van der Waals surface area contributed by atoms with E-state index in [-0.39, 0.29) is 6.10 Å². The molecule has 25 heavy (non-hydrogen) atoms. The molecule has 1 saturated carbocycles. The third kappa shape index (κ3) is 4.68. The molecule has 7 heteroatoms. The summed E-state index contributed by atoms with van der Waals surface area (Å²) in [5.74, 6) is 1.29. The zero-order valence-electron chi connectivity index (χ0n) is 14.5. The van der Waals surface area contributed by atoms with Crippen molar-refractivity contribution in [2.75, 3.05) is 31.4 Å². The van der Waals surface area contributed by atoms with Gasteiger partial charge >= 0.3 is 0 Å².